The van der Waals surface area contributed by atoms with Crippen LogP contribution < -0.4 is 0 Å². The van der Waals surface area contributed by atoms with E-state index in [1.165, 1.54) is 6.07 Å². The molecule has 0 saturated carbocycles. The summed E-state index contributed by atoms with van der Waals surface area (Å²) in [5.74, 6) is -0.178. The first-order valence-electron chi connectivity index (χ1n) is 8.49. The van der Waals surface area contributed by atoms with Crippen LogP contribution in [0.2, 0.25) is 0 Å². The van der Waals surface area contributed by atoms with Crippen LogP contribution in [0.1, 0.15) is 11.1 Å². The maximum Gasteiger partial charge on any atom is 0.243 e. The molecule has 1 aliphatic rings. The molecule has 1 fully saturated rings. The summed E-state index contributed by atoms with van der Waals surface area (Å²) >= 11 is 0. The van der Waals surface area contributed by atoms with Gasteiger partial charge in [0.05, 0.1) is 4.90 Å². The average Bonchev–Trinajstić information content (AvgIpc) is 2.61. The lowest BCUT2D eigenvalue weighted by atomic mass is 10.1. The number of sulfonamides is 1. The molecule has 1 aliphatic heterocycles. The van der Waals surface area contributed by atoms with Crippen molar-refractivity contribution in [3.8, 4) is 0 Å². The van der Waals surface area contributed by atoms with Gasteiger partial charge in [-0.3, -0.25) is 0 Å². The zero-order valence-corrected chi connectivity index (χ0v) is 15.2. The molecule has 0 aliphatic carbocycles. The van der Waals surface area contributed by atoms with Crippen LogP contribution in [-0.4, -0.2) is 50.3 Å². The van der Waals surface area contributed by atoms with Gasteiger partial charge in [-0.1, -0.05) is 30.3 Å². The lowest BCUT2D eigenvalue weighted by Crippen LogP contribution is -2.49. The van der Waals surface area contributed by atoms with E-state index in [9.17, 15) is 12.8 Å². The minimum Gasteiger partial charge on any atom is -0.300 e. The van der Waals surface area contributed by atoms with E-state index in [2.05, 4.69) is 4.90 Å². The number of rotatable bonds is 5. The standard InChI is InChI=1S/C19H23FN2O2S/c1-16-5-4-7-18(15-16)25(23,24)22-13-11-21(12-14-22)10-9-17-6-2-3-8-19(17)20/h2-8,15H,9-14H2,1H3. The number of aryl methyl sites for hydroxylation is 1. The molecule has 0 amide bonds. The number of piperazine rings is 1. The summed E-state index contributed by atoms with van der Waals surface area (Å²) in [6.07, 6.45) is 0.636. The van der Waals surface area contributed by atoms with Crippen LogP contribution in [0.4, 0.5) is 4.39 Å². The van der Waals surface area contributed by atoms with Gasteiger partial charge in [0.15, 0.2) is 0 Å². The monoisotopic (exact) mass is 362 g/mol. The van der Waals surface area contributed by atoms with Gasteiger partial charge in [0, 0.05) is 32.7 Å². The fourth-order valence-corrected chi connectivity index (χ4v) is 4.63. The topological polar surface area (TPSA) is 40.6 Å². The second-order valence-electron chi connectivity index (χ2n) is 6.40. The van der Waals surface area contributed by atoms with Crippen molar-refractivity contribution >= 4 is 10.0 Å². The minimum absolute atomic E-state index is 0.178. The molecule has 0 spiro atoms. The Balaban J connectivity index is 1.57. The van der Waals surface area contributed by atoms with Crippen molar-refractivity contribution < 1.29 is 12.8 Å². The van der Waals surface area contributed by atoms with Gasteiger partial charge in [-0.05, 0) is 42.7 Å². The molecule has 0 bridgehead atoms. The van der Waals surface area contributed by atoms with Crippen molar-refractivity contribution in [2.75, 3.05) is 32.7 Å². The van der Waals surface area contributed by atoms with Crippen LogP contribution in [0.25, 0.3) is 0 Å². The van der Waals surface area contributed by atoms with E-state index in [1.807, 2.05) is 19.1 Å². The Morgan fingerprint density at radius 2 is 1.72 bits per heavy atom. The highest BCUT2D eigenvalue weighted by molar-refractivity contribution is 7.89. The van der Waals surface area contributed by atoms with Gasteiger partial charge in [-0.25, -0.2) is 12.8 Å². The molecular formula is C19H23FN2O2S. The van der Waals surface area contributed by atoms with Crippen molar-refractivity contribution in [2.24, 2.45) is 0 Å². The number of nitrogens with zero attached hydrogens (tertiary/aromatic N) is 2. The first kappa shape index (κ1) is 18.0. The molecule has 0 N–H and O–H groups in total. The van der Waals surface area contributed by atoms with Crippen molar-refractivity contribution in [3.05, 3.63) is 65.5 Å². The highest BCUT2D eigenvalue weighted by Gasteiger charge is 2.28. The van der Waals surface area contributed by atoms with E-state index in [4.69, 9.17) is 0 Å². The molecule has 4 nitrogen and oxygen atoms in total. The van der Waals surface area contributed by atoms with Gasteiger partial charge in [-0.15, -0.1) is 0 Å². The van der Waals surface area contributed by atoms with Gasteiger partial charge >= 0.3 is 0 Å². The molecule has 2 aromatic carbocycles. The van der Waals surface area contributed by atoms with Crippen molar-refractivity contribution in [1.29, 1.82) is 0 Å². The number of benzene rings is 2. The van der Waals surface area contributed by atoms with Gasteiger partial charge in [0.1, 0.15) is 5.82 Å². The first-order valence-corrected chi connectivity index (χ1v) is 9.93. The molecule has 2 aromatic rings. The third kappa shape index (κ3) is 4.26. The summed E-state index contributed by atoms with van der Waals surface area (Å²) in [5.41, 5.74) is 1.64. The van der Waals surface area contributed by atoms with Crippen LogP contribution >= 0.6 is 0 Å². The molecule has 1 heterocycles. The summed E-state index contributed by atoms with van der Waals surface area (Å²) in [4.78, 5) is 2.54. The molecule has 3 rings (SSSR count). The molecule has 0 aromatic heterocycles. The van der Waals surface area contributed by atoms with Crippen molar-refractivity contribution in [2.45, 2.75) is 18.2 Å². The van der Waals surface area contributed by atoms with Gasteiger partial charge < -0.3 is 4.90 Å². The fraction of sp³-hybridized carbons (Fsp3) is 0.368. The maximum absolute atomic E-state index is 13.7. The van der Waals surface area contributed by atoms with E-state index in [1.54, 1.807) is 34.6 Å². The van der Waals surface area contributed by atoms with Crippen LogP contribution in [0.15, 0.2) is 53.4 Å². The Hall–Kier alpha value is -1.76. The smallest absolute Gasteiger partial charge is 0.243 e. The Morgan fingerprint density at radius 1 is 1.00 bits per heavy atom. The second kappa shape index (κ2) is 7.64. The zero-order valence-electron chi connectivity index (χ0n) is 14.4. The van der Waals surface area contributed by atoms with Crippen LogP contribution in [0, 0.1) is 12.7 Å². The maximum atomic E-state index is 13.7. The molecule has 0 radical (unpaired) electrons. The van der Waals surface area contributed by atoms with Gasteiger partial charge in [0.25, 0.3) is 0 Å². The predicted octanol–water partition coefficient (Wildman–Crippen LogP) is 2.68. The lowest BCUT2D eigenvalue weighted by molar-refractivity contribution is 0.190. The van der Waals surface area contributed by atoms with E-state index in [0.29, 0.717) is 43.1 Å². The van der Waals surface area contributed by atoms with Crippen molar-refractivity contribution in [3.63, 3.8) is 0 Å². The summed E-state index contributed by atoms with van der Waals surface area (Å²) in [6.45, 7) is 4.89. The highest BCUT2D eigenvalue weighted by atomic mass is 32.2. The largest absolute Gasteiger partial charge is 0.300 e. The van der Waals surface area contributed by atoms with E-state index < -0.39 is 10.0 Å². The Labute approximate surface area is 148 Å². The Kier molecular flexibility index (Phi) is 5.51. The first-order chi connectivity index (χ1) is 12.0. The summed E-state index contributed by atoms with van der Waals surface area (Å²) in [6, 6.07) is 13.8. The van der Waals surface area contributed by atoms with Gasteiger partial charge in [-0.2, -0.15) is 4.31 Å². The lowest BCUT2D eigenvalue weighted by Gasteiger charge is -2.34. The summed E-state index contributed by atoms with van der Waals surface area (Å²) < 4.78 is 40.7. The van der Waals surface area contributed by atoms with Crippen LogP contribution in [0.3, 0.4) is 0 Å². The molecule has 25 heavy (non-hydrogen) atoms. The molecule has 0 unspecified atom stereocenters. The molecule has 134 valence electrons. The average molecular weight is 362 g/mol. The van der Waals surface area contributed by atoms with Gasteiger partial charge in [0.2, 0.25) is 10.0 Å². The highest BCUT2D eigenvalue weighted by Crippen LogP contribution is 2.19. The second-order valence-corrected chi connectivity index (χ2v) is 8.34. The van der Waals surface area contributed by atoms with E-state index in [0.717, 1.165) is 12.1 Å². The third-order valence-electron chi connectivity index (χ3n) is 4.61. The predicted molar refractivity (Wildman–Crippen MR) is 96.5 cm³/mol. The molecular weight excluding hydrogens is 339 g/mol. The molecule has 0 atom stereocenters. The summed E-state index contributed by atoms with van der Waals surface area (Å²) in [5, 5.41) is 0. The van der Waals surface area contributed by atoms with E-state index in [-0.39, 0.29) is 5.82 Å². The van der Waals surface area contributed by atoms with Crippen molar-refractivity contribution in [1.82, 2.24) is 9.21 Å². The third-order valence-corrected chi connectivity index (χ3v) is 6.51. The Bertz CT molecular complexity index is 831. The van der Waals surface area contributed by atoms with E-state index >= 15 is 0 Å². The quantitative estimate of drug-likeness (QED) is 0.821. The SMILES string of the molecule is Cc1cccc(S(=O)(=O)N2CCN(CCc3ccccc3F)CC2)c1. The molecule has 6 heteroatoms. The zero-order chi connectivity index (χ0) is 17.9. The van der Waals surface area contributed by atoms with Crippen LogP contribution in [0.5, 0.6) is 0 Å². The fourth-order valence-electron chi connectivity index (χ4n) is 3.10. The van der Waals surface area contributed by atoms with Crippen LogP contribution in [-0.2, 0) is 16.4 Å². The number of hydrogen-bond acceptors (Lipinski definition) is 3. The number of hydrogen-bond donors (Lipinski definition) is 0. The normalized spacial score (nSPS) is 16.9. The minimum atomic E-state index is -3.44. The Morgan fingerprint density at radius 3 is 2.40 bits per heavy atom. The molecule has 1 saturated heterocycles. The number of halogens is 1. The summed E-state index contributed by atoms with van der Waals surface area (Å²) in [7, 11) is -3.44.